The lowest BCUT2D eigenvalue weighted by atomic mass is 9.95. The number of hydrogen-bond acceptors (Lipinski definition) is 18. The number of ether oxygens (including phenoxy) is 11. The van der Waals surface area contributed by atoms with Crippen molar-refractivity contribution in [2.45, 2.75) is 142 Å². The SMILES string of the molecule is COC(=O)[C@H](CO[C@H]1O[C@H](CO[C@@H]2O[C@H](COC(C)=O)[C@@H](OC(C)=O)[C@H](OC(C)=O)[C@H]2NC(C)=O)[C@H](OCc2ccccc2)[C@H](OCc2ccccc2)[C@H]1NC(C)=O)NC(=O)OC(C)(C)C. The van der Waals surface area contributed by atoms with Crippen molar-refractivity contribution in [3.05, 3.63) is 71.8 Å². The summed E-state index contributed by atoms with van der Waals surface area (Å²) < 4.78 is 65.4. The molecule has 0 radical (unpaired) electrons. The molecule has 2 heterocycles. The van der Waals surface area contributed by atoms with E-state index in [1.807, 2.05) is 60.7 Å². The Bertz CT molecular complexity index is 1930. The fourth-order valence-corrected chi connectivity index (χ4v) is 7.08. The van der Waals surface area contributed by atoms with Crippen molar-refractivity contribution in [1.82, 2.24) is 16.0 Å². The summed E-state index contributed by atoms with van der Waals surface area (Å²) in [5.41, 5.74) is 0.607. The van der Waals surface area contributed by atoms with Gasteiger partial charge in [-0.25, -0.2) is 9.59 Å². The van der Waals surface area contributed by atoms with E-state index < -0.39 is 135 Å². The normalized spacial score (nSPS) is 25.5. The van der Waals surface area contributed by atoms with Gasteiger partial charge < -0.3 is 68.1 Å². The number of carbonyl (C=O) groups excluding carboxylic acids is 7. The maximum Gasteiger partial charge on any atom is 0.408 e. The quantitative estimate of drug-likeness (QED) is 0.127. The maximum atomic E-state index is 13.0. The van der Waals surface area contributed by atoms with E-state index in [0.29, 0.717) is 0 Å². The number of carbonyl (C=O) groups is 7. The number of amides is 3. The van der Waals surface area contributed by atoms with Gasteiger partial charge in [-0.1, -0.05) is 60.7 Å². The first-order valence-corrected chi connectivity index (χ1v) is 21.2. The molecule has 4 rings (SSSR count). The lowest BCUT2D eigenvalue weighted by Crippen LogP contribution is -2.68. The van der Waals surface area contributed by atoms with Gasteiger partial charge in [-0.2, -0.15) is 0 Å². The van der Waals surface area contributed by atoms with E-state index in [0.717, 1.165) is 39.0 Å². The first kappa shape index (κ1) is 52.9. The average Bonchev–Trinajstić information content (AvgIpc) is 3.23. The molecule has 0 bridgehead atoms. The van der Waals surface area contributed by atoms with Crippen molar-refractivity contribution in [3.8, 4) is 0 Å². The molecular formula is C45H61N3O18. The van der Waals surface area contributed by atoms with Crippen molar-refractivity contribution in [2.24, 2.45) is 0 Å². The maximum absolute atomic E-state index is 13.0. The molecular weight excluding hydrogens is 870 g/mol. The minimum absolute atomic E-state index is 0.00778. The Labute approximate surface area is 383 Å². The molecule has 21 heteroatoms. The molecule has 0 unspecified atom stereocenters. The van der Waals surface area contributed by atoms with E-state index in [1.54, 1.807) is 20.8 Å². The highest BCUT2D eigenvalue weighted by molar-refractivity contribution is 5.81. The molecule has 2 fully saturated rings. The van der Waals surface area contributed by atoms with Crippen LogP contribution < -0.4 is 16.0 Å². The molecule has 0 aliphatic carbocycles. The van der Waals surface area contributed by atoms with E-state index in [1.165, 1.54) is 13.8 Å². The third-order valence-electron chi connectivity index (χ3n) is 9.69. The molecule has 3 N–H and O–H groups in total. The number of hydrogen-bond donors (Lipinski definition) is 3. The standard InChI is InChI=1S/C45H61N3O18/c1-25(49)46-35-39(59-21-31-18-14-11-15-19-31)37(58-20-30-16-12-10-13-17-30)33(64-42(35)60-22-32(41(54)56-9)48-44(55)66-45(6,7)8)24-61-43-36(47-26(2)50)40(63-29(5)53)38(62-28(4)52)34(65-43)23-57-27(3)51/h10-19,32-40,42-43H,20-24H2,1-9H3,(H,46,49)(H,47,50)(H,48,55)/t32-,33+,34+,35+,36+,37-,38+,39+,40+,42-,43+/m0/s1. The van der Waals surface area contributed by atoms with Crippen LogP contribution in [0.2, 0.25) is 0 Å². The number of methoxy groups -OCH3 is 1. The van der Waals surface area contributed by atoms with Gasteiger partial charge in [0.05, 0.1) is 33.5 Å². The highest BCUT2D eigenvalue weighted by Gasteiger charge is 2.53. The van der Waals surface area contributed by atoms with Crippen LogP contribution in [0.4, 0.5) is 4.79 Å². The minimum Gasteiger partial charge on any atom is -0.467 e. The number of benzene rings is 2. The van der Waals surface area contributed by atoms with Gasteiger partial charge in [0, 0.05) is 34.6 Å². The molecule has 66 heavy (non-hydrogen) atoms. The summed E-state index contributed by atoms with van der Waals surface area (Å²) in [7, 11) is 1.12. The van der Waals surface area contributed by atoms with E-state index >= 15 is 0 Å². The summed E-state index contributed by atoms with van der Waals surface area (Å²) in [5.74, 6) is -4.29. The predicted molar refractivity (Wildman–Crippen MR) is 227 cm³/mol. The molecule has 0 aromatic heterocycles. The molecule has 2 aromatic carbocycles. The Hall–Kier alpha value is -5.71. The summed E-state index contributed by atoms with van der Waals surface area (Å²) in [6.45, 7) is 9.30. The molecule has 2 saturated heterocycles. The third kappa shape index (κ3) is 16.9. The number of esters is 4. The molecule has 21 nitrogen and oxygen atoms in total. The van der Waals surface area contributed by atoms with Gasteiger partial charge in [0.25, 0.3) is 0 Å². The summed E-state index contributed by atoms with van der Waals surface area (Å²) in [6.07, 6.45) is -11.4. The first-order chi connectivity index (χ1) is 31.2. The summed E-state index contributed by atoms with van der Waals surface area (Å²) in [6, 6.07) is 14.4. The molecule has 11 atom stereocenters. The Morgan fingerprint density at radius 2 is 1.09 bits per heavy atom. The van der Waals surface area contributed by atoms with Crippen LogP contribution in [0.15, 0.2) is 60.7 Å². The zero-order chi connectivity index (χ0) is 48.6. The molecule has 364 valence electrons. The zero-order valence-corrected chi connectivity index (χ0v) is 38.5. The lowest BCUT2D eigenvalue weighted by Gasteiger charge is -2.48. The molecule has 2 aliphatic rings. The van der Waals surface area contributed by atoms with Gasteiger partial charge in [-0.15, -0.1) is 0 Å². The Balaban J connectivity index is 1.79. The second-order valence-corrected chi connectivity index (χ2v) is 16.4. The molecule has 0 saturated carbocycles. The van der Waals surface area contributed by atoms with Crippen LogP contribution in [-0.4, -0.2) is 142 Å². The topological polar surface area (TPSA) is 257 Å². The van der Waals surface area contributed by atoms with Gasteiger partial charge in [-0.3, -0.25) is 24.0 Å². The molecule has 0 spiro atoms. The van der Waals surface area contributed by atoms with Crippen LogP contribution in [0.5, 0.6) is 0 Å². The summed E-state index contributed by atoms with van der Waals surface area (Å²) in [4.78, 5) is 88.3. The number of rotatable bonds is 20. The van der Waals surface area contributed by atoms with Crippen molar-refractivity contribution in [1.29, 1.82) is 0 Å². The van der Waals surface area contributed by atoms with Gasteiger partial charge >= 0.3 is 30.0 Å². The summed E-state index contributed by atoms with van der Waals surface area (Å²) >= 11 is 0. The monoisotopic (exact) mass is 931 g/mol. The first-order valence-electron chi connectivity index (χ1n) is 21.2. The van der Waals surface area contributed by atoms with Crippen LogP contribution in [0, 0.1) is 0 Å². The number of nitrogens with one attached hydrogen (secondary N) is 3. The fourth-order valence-electron chi connectivity index (χ4n) is 7.08. The largest absolute Gasteiger partial charge is 0.467 e. The van der Waals surface area contributed by atoms with E-state index in [9.17, 15) is 33.6 Å². The lowest BCUT2D eigenvalue weighted by molar-refractivity contribution is -0.314. The van der Waals surface area contributed by atoms with Crippen LogP contribution >= 0.6 is 0 Å². The fraction of sp³-hybridized carbons (Fsp3) is 0.578. The second kappa shape index (κ2) is 25.3. The Morgan fingerprint density at radius 3 is 1.58 bits per heavy atom. The van der Waals surface area contributed by atoms with Crippen LogP contribution in [0.25, 0.3) is 0 Å². The highest BCUT2D eigenvalue weighted by Crippen LogP contribution is 2.32. The Morgan fingerprint density at radius 1 is 0.606 bits per heavy atom. The van der Waals surface area contributed by atoms with Crippen LogP contribution in [-0.2, 0) is 94.1 Å². The molecule has 2 aliphatic heterocycles. The van der Waals surface area contributed by atoms with Crippen molar-refractivity contribution < 1.29 is 85.7 Å². The van der Waals surface area contributed by atoms with Gasteiger partial charge in [0.2, 0.25) is 11.8 Å². The van der Waals surface area contributed by atoms with E-state index in [4.69, 9.17) is 52.1 Å². The second-order valence-electron chi connectivity index (χ2n) is 16.4. The summed E-state index contributed by atoms with van der Waals surface area (Å²) in [5, 5.41) is 7.95. The molecule has 2 aromatic rings. The van der Waals surface area contributed by atoms with Gasteiger partial charge in [0.1, 0.15) is 48.7 Å². The van der Waals surface area contributed by atoms with Gasteiger partial charge in [0.15, 0.2) is 30.8 Å². The van der Waals surface area contributed by atoms with E-state index in [-0.39, 0.29) is 13.2 Å². The predicted octanol–water partition coefficient (Wildman–Crippen LogP) is 2.14. The Kier molecular flexibility index (Phi) is 20.3. The van der Waals surface area contributed by atoms with Crippen molar-refractivity contribution in [3.63, 3.8) is 0 Å². The average molecular weight is 932 g/mol. The van der Waals surface area contributed by atoms with Crippen LogP contribution in [0.3, 0.4) is 0 Å². The third-order valence-corrected chi connectivity index (χ3v) is 9.69. The number of alkyl carbamates (subject to hydrolysis) is 1. The van der Waals surface area contributed by atoms with Gasteiger partial charge in [-0.05, 0) is 31.9 Å². The van der Waals surface area contributed by atoms with E-state index in [2.05, 4.69) is 16.0 Å². The minimum atomic E-state index is -1.51. The highest BCUT2D eigenvalue weighted by atomic mass is 16.7. The zero-order valence-electron chi connectivity index (χ0n) is 38.5. The van der Waals surface area contributed by atoms with Crippen LogP contribution in [0.1, 0.15) is 66.5 Å². The smallest absolute Gasteiger partial charge is 0.408 e. The molecule has 3 amide bonds. The van der Waals surface area contributed by atoms with Crippen molar-refractivity contribution in [2.75, 3.05) is 26.9 Å². The van der Waals surface area contributed by atoms with Crippen molar-refractivity contribution >= 4 is 41.8 Å².